The molecule has 19 heavy (non-hydrogen) atoms. The number of nitrogens with one attached hydrogen (secondary N) is 1. The van der Waals surface area contributed by atoms with Gasteiger partial charge in [-0.3, -0.25) is 11.3 Å². The summed E-state index contributed by atoms with van der Waals surface area (Å²) in [4.78, 5) is 0. The van der Waals surface area contributed by atoms with Gasteiger partial charge < -0.3 is 0 Å². The van der Waals surface area contributed by atoms with Crippen molar-refractivity contribution in [2.45, 2.75) is 55.4 Å². The third kappa shape index (κ3) is 5.83. The third-order valence-electron chi connectivity index (χ3n) is 3.65. The maximum atomic E-state index is 11.5. The van der Waals surface area contributed by atoms with Crippen molar-refractivity contribution < 1.29 is 8.42 Å². The second-order valence-corrected chi connectivity index (χ2v) is 10.6. The van der Waals surface area contributed by atoms with Gasteiger partial charge >= 0.3 is 0 Å². The number of nitrogens with two attached hydrogens (primary N) is 1. The van der Waals surface area contributed by atoms with E-state index in [-0.39, 0.29) is 17.5 Å². The topological polar surface area (TPSA) is 72.2 Å². The molecule has 7 heteroatoms. The van der Waals surface area contributed by atoms with Gasteiger partial charge in [-0.25, -0.2) is 8.42 Å². The molecule has 4 unspecified atom stereocenters. The molecule has 0 aromatic carbocycles. The van der Waals surface area contributed by atoms with Crippen LogP contribution in [0.3, 0.4) is 0 Å². The van der Waals surface area contributed by atoms with Crippen molar-refractivity contribution in [3.63, 3.8) is 0 Å². The smallest absolute Gasteiger partial charge is 0.150 e. The van der Waals surface area contributed by atoms with Gasteiger partial charge in [-0.1, -0.05) is 20.8 Å². The van der Waals surface area contributed by atoms with Gasteiger partial charge in [0.2, 0.25) is 0 Å². The number of rotatable bonds is 7. The van der Waals surface area contributed by atoms with Crippen molar-refractivity contribution >= 4 is 33.4 Å². The minimum absolute atomic E-state index is 0.208. The van der Waals surface area contributed by atoms with Crippen LogP contribution >= 0.6 is 23.5 Å². The van der Waals surface area contributed by atoms with E-state index in [1.807, 2.05) is 23.5 Å². The molecule has 4 nitrogen and oxygen atoms in total. The summed E-state index contributed by atoms with van der Waals surface area (Å²) in [6.45, 7) is 6.21. The Balaban J connectivity index is 2.41. The molecule has 0 saturated carbocycles. The monoisotopic (exact) mass is 326 g/mol. The number of hydrazine groups is 1. The Bertz CT molecular complexity index is 362. The predicted molar refractivity (Wildman–Crippen MR) is 87.4 cm³/mol. The number of hydrogen-bond donors (Lipinski definition) is 2. The van der Waals surface area contributed by atoms with E-state index in [1.165, 1.54) is 0 Å². The molecular formula is C12H26N2O2S3. The van der Waals surface area contributed by atoms with Crippen molar-refractivity contribution in [1.82, 2.24) is 5.43 Å². The zero-order valence-corrected chi connectivity index (χ0v) is 14.4. The Morgan fingerprint density at radius 3 is 2.58 bits per heavy atom. The van der Waals surface area contributed by atoms with Crippen LogP contribution in [-0.4, -0.2) is 47.5 Å². The first-order chi connectivity index (χ1) is 8.89. The average molecular weight is 327 g/mol. The van der Waals surface area contributed by atoms with Crippen molar-refractivity contribution in [3.8, 4) is 0 Å². The predicted octanol–water partition coefficient (Wildman–Crippen LogP) is 1.66. The number of sulfone groups is 1. The Morgan fingerprint density at radius 1 is 1.37 bits per heavy atom. The molecule has 114 valence electrons. The number of hydrogen-bond acceptors (Lipinski definition) is 6. The minimum atomic E-state index is -2.85. The molecule has 1 heterocycles. The maximum Gasteiger partial charge on any atom is 0.150 e. The fraction of sp³-hybridized carbons (Fsp3) is 1.00. The highest BCUT2D eigenvalue weighted by Gasteiger charge is 2.30. The van der Waals surface area contributed by atoms with E-state index in [4.69, 9.17) is 5.84 Å². The van der Waals surface area contributed by atoms with E-state index in [0.717, 1.165) is 12.2 Å². The van der Waals surface area contributed by atoms with Gasteiger partial charge in [0.25, 0.3) is 0 Å². The zero-order chi connectivity index (χ0) is 14.5. The van der Waals surface area contributed by atoms with Crippen LogP contribution in [0, 0.1) is 0 Å². The van der Waals surface area contributed by atoms with Crippen LogP contribution in [0.4, 0.5) is 0 Å². The summed E-state index contributed by atoms with van der Waals surface area (Å²) < 4.78 is 23.0. The lowest BCUT2D eigenvalue weighted by atomic mass is 10.1. The quantitative estimate of drug-likeness (QED) is 0.547. The van der Waals surface area contributed by atoms with Crippen LogP contribution < -0.4 is 11.3 Å². The van der Waals surface area contributed by atoms with Crippen LogP contribution in [0.15, 0.2) is 0 Å². The van der Waals surface area contributed by atoms with Crippen LogP contribution in [0.1, 0.15) is 33.6 Å². The Kier molecular flexibility index (Phi) is 7.53. The highest BCUT2D eigenvalue weighted by molar-refractivity contribution is 8.07. The van der Waals surface area contributed by atoms with Gasteiger partial charge in [0.05, 0.1) is 5.75 Å². The van der Waals surface area contributed by atoms with Crippen LogP contribution in [0.2, 0.25) is 0 Å². The van der Waals surface area contributed by atoms with E-state index >= 15 is 0 Å². The fourth-order valence-electron chi connectivity index (χ4n) is 2.06. The molecule has 3 N–H and O–H groups in total. The summed E-state index contributed by atoms with van der Waals surface area (Å²) in [5.74, 6) is 7.24. The molecule has 0 aromatic rings. The summed E-state index contributed by atoms with van der Waals surface area (Å²) >= 11 is 3.96. The van der Waals surface area contributed by atoms with Gasteiger partial charge in [0, 0.05) is 33.3 Å². The Hall–Kier alpha value is 0.570. The first-order valence-corrected chi connectivity index (χ1v) is 10.6. The Labute approximate surface area is 125 Å². The molecular weight excluding hydrogens is 300 g/mol. The SMILES string of the molecule is CCS(=O)(=O)CCCC(NN)C1CSC(C)C(C)S1. The normalized spacial score (nSPS) is 30.2. The molecule has 0 aliphatic carbocycles. The number of thioether (sulfide) groups is 2. The first kappa shape index (κ1) is 17.6. The lowest BCUT2D eigenvalue weighted by molar-refractivity contribution is 0.484. The largest absolute Gasteiger partial charge is 0.271 e. The molecule has 1 saturated heterocycles. The molecule has 0 aromatic heterocycles. The third-order valence-corrected chi connectivity index (χ3v) is 8.99. The standard InChI is InChI=1S/C12H26N2O2S3/c1-4-19(15,16)7-5-6-11(14-13)12-8-17-9(2)10(3)18-12/h9-12,14H,4-8,13H2,1-3H3. The van der Waals surface area contributed by atoms with Crippen LogP contribution in [0.25, 0.3) is 0 Å². The second-order valence-electron chi connectivity index (χ2n) is 5.07. The highest BCUT2D eigenvalue weighted by Crippen LogP contribution is 2.37. The van der Waals surface area contributed by atoms with Gasteiger partial charge in [0.15, 0.2) is 0 Å². The molecule has 0 bridgehead atoms. The zero-order valence-electron chi connectivity index (χ0n) is 12.0. The summed E-state index contributed by atoms with van der Waals surface area (Å²) in [5, 5.41) is 1.78. The fourth-order valence-corrected chi connectivity index (χ4v) is 6.11. The van der Waals surface area contributed by atoms with E-state index < -0.39 is 9.84 Å². The molecule has 1 aliphatic rings. The van der Waals surface area contributed by atoms with Gasteiger partial charge in [0.1, 0.15) is 9.84 Å². The van der Waals surface area contributed by atoms with Crippen LogP contribution in [0.5, 0.6) is 0 Å². The molecule has 1 aliphatic heterocycles. The van der Waals surface area contributed by atoms with Crippen molar-refractivity contribution in [2.24, 2.45) is 5.84 Å². The minimum Gasteiger partial charge on any atom is -0.271 e. The molecule has 4 atom stereocenters. The van der Waals surface area contributed by atoms with E-state index in [2.05, 4.69) is 19.3 Å². The molecule has 0 radical (unpaired) electrons. The first-order valence-electron chi connectivity index (χ1n) is 6.83. The van der Waals surface area contributed by atoms with E-state index in [1.54, 1.807) is 6.92 Å². The van der Waals surface area contributed by atoms with Gasteiger partial charge in [-0.05, 0) is 12.8 Å². The lowest BCUT2D eigenvalue weighted by Gasteiger charge is -2.35. The summed E-state index contributed by atoms with van der Waals surface area (Å²) in [6.07, 6.45) is 1.52. The van der Waals surface area contributed by atoms with Gasteiger partial charge in [-0.15, -0.1) is 0 Å². The van der Waals surface area contributed by atoms with Crippen molar-refractivity contribution in [2.75, 3.05) is 17.3 Å². The molecule has 1 rings (SSSR count). The highest BCUT2D eigenvalue weighted by atomic mass is 32.2. The van der Waals surface area contributed by atoms with Crippen molar-refractivity contribution in [1.29, 1.82) is 0 Å². The average Bonchev–Trinajstić information content (AvgIpc) is 2.38. The van der Waals surface area contributed by atoms with Crippen LogP contribution in [-0.2, 0) is 9.84 Å². The Morgan fingerprint density at radius 2 is 2.05 bits per heavy atom. The lowest BCUT2D eigenvalue weighted by Crippen LogP contribution is -2.46. The summed E-state index contributed by atoms with van der Waals surface area (Å²) in [7, 11) is -2.85. The van der Waals surface area contributed by atoms with E-state index in [0.29, 0.717) is 22.2 Å². The molecule has 1 fully saturated rings. The maximum absolute atomic E-state index is 11.5. The molecule has 0 amide bonds. The summed E-state index contributed by atoms with van der Waals surface area (Å²) in [5.41, 5.74) is 2.88. The molecule has 0 spiro atoms. The van der Waals surface area contributed by atoms with Crippen molar-refractivity contribution in [3.05, 3.63) is 0 Å². The van der Waals surface area contributed by atoms with Gasteiger partial charge in [-0.2, -0.15) is 23.5 Å². The van der Waals surface area contributed by atoms with E-state index in [9.17, 15) is 8.42 Å². The summed E-state index contributed by atoms with van der Waals surface area (Å²) in [6, 6.07) is 0.208. The second kappa shape index (κ2) is 8.12.